The Hall–Kier alpha value is -1.93. The molecule has 1 heterocycles. The summed E-state index contributed by atoms with van der Waals surface area (Å²) in [7, 11) is 0. The van der Waals surface area contributed by atoms with Crippen LogP contribution < -0.4 is 16.4 Å². The van der Waals surface area contributed by atoms with Gasteiger partial charge in [-0.15, -0.1) is 0 Å². The highest BCUT2D eigenvalue weighted by Gasteiger charge is 2.37. The van der Waals surface area contributed by atoms with Gasteiger partial charge in [0.15, 0.2) is 5.13 Å². The number of aliphatic hydroxyl groups excluding tert-OH is 1. The lowest BCUT2D eigenvalue weighted by atomic mass is 9.99. The zero-order valence-corrected chi connectivity index (χ0v) is 14.8. The number of carbonyl (C=O) groups excluding carboxylic acids is 2. The minimum Gasteiger partial charge on any atom is -0.391 e. The second kappa shape index (κ2) is 7.97. The van der Waals surface area contributed by atoms with E-state index < -0.39 is 12.1 Å². The van der Waals surface area contributed by atoms with Crippen molar-refractivity contribution in [2.75, 3.05) is 12.3 Å². The van der Waals surface area contributed by atoms with Gasteiger partial charge in [0.25, 0.3) is 5.91 Å². The van der Waals surface area contributed by atoms with Crippen molar-refractivity contribution in [2.24, 2.45) is 5.92 Å². The van der Waals surface area contributed by atoms with Gasteiger partial charge in [0, 0.05) is 12.5 Å². The highest BCUT2D eigenvalue weighted by Crippen LogP contribution is 2.27. The fraction of sp³-hybridized carbons (Fsp3) is 0.588. The first kappa shape index (κ1) is 17.9. The first-order valence-corrected chi connectivity index (χ1v) is 9.50. The van der Waals surface area contributed by atoms with Gasteiger partial charge >= 0.3 is 0 Å². The van der Waals surface area contributed by atoms with E-state index in [1.54, 1.807) is 0 Å². The molecule has 2 aliphatic carbocycles. The second-order valence-corrected chi connectivity index (χ2v) is 7.77. The summed E-state index contributed by atoms with van der Waals surface area (Å²) in [5.41, 5.74) is 6.81. The Morgan fingerprint density at radius 3 is 2.88 bits per heavy atom. The molecule has 0 unspecified atom stereocenters. The van der Waals surface area contributed by atoms with Gasteiger partial charge in [-0.05, 0) is 38.5 Å². The number of aliphatic hydroxyl groups is 1. The SMILES string of the molecule is Nc1ncc(C(=O)N[C@H]2C[C@H](C(=O)NCC3=CCCCC3)C[C@@H]2O)s1. The van der Waals surface area contributed by atoms with Crippen LogP contribution in [0.15, 0.2) is 17.8 Å². The molecular formula is C17H24N4O3S. The summed E-state index contributed by atoms with van der Waals surface area (Å²) < 4.78 is 0. The van der Waals surface area contributed by atoms with E-state index in [-0.39, 0.29) is 17.7 Å². The van der Waals surface area contributed by atoms with Gasteiger partial charge in [0.1, 0.15) is 4.88 Å². The average Bonchev–Trinajstić information content (AvgIpc) is 3.20. The smallest absolute Gasteiger partial charge is 0.263 e. The van der Waals surface area contributed by atoms with Gasteiger partial charge in [0.05, 0.1) is 18.3 Å². The molecule has 0 aromatic carbocycles. The Balaban J connectivity index is 1.49. The molecule has 0 spiro atoms. The van der Waals surface area contributed by atoms with Crippen LogP contribution in [-0.2, 0) is 4.79 Å². The van der Waals surface area contributed by atoms with Crippen molar-refractivity contribution in [3.63, 3.8) is 0 Å². The highest BCUT2D eigenvalue weighted by molar-refractivity contribution is 7.17. The lowest BCUT2D eigenvalue weighted by Gasteiger charge is -2.16. The Bertz CT molecular complexity index is 673. The number of thiazole rings is 1. The topological polar surface area (TPSA) is 117 Å². The molecule has 0 bridgehead atoms. The third kappa shape index (κ3) is 4.58. The molecule has 1 aromatic heterocycles. The normalized spacial score (nSPS) is 26.1. The van der Waals surface area contributed by atoms with Crippen LogP contribution in [0.1, 0.15) is 48.2 Å². The second-order valence-electron chi connectivity index (χ2n) is 6.70. The van der Waals surface area contributed by atoms with Crippen molar-refractivity contribution < 1.29 is 14.7 Å². The zero-order chi connectivity index (χ0) is 17.8. The first-order valence-electron chi connectivity index (χ1n) is 8.69. The number of nitrogens with two attached hydrogens (primary N) is 1. The number of hydrogen-bond acceptors (Lipinski definition) is 6. The Morgan fingerprint density at radius 1 is 1.36 bits per heavy atom. The van der Waals surface area contributed by atoms with E-state index >= 15 is 0 Å². The van der Waals surface area contributed by atoms with E-state index in [0.717, 1.165) is 24.2 Å². The Kier molecular flexibility index (Phi) is 5.70. The lowest BCUT2D eigenvalue weighted by Crippen LogP contribution is -2.39. The maximum atomic E-state index is 12.4. The minimum atomic E-state index is -0.723. The van der Waals surface area contributed by atoms with Crippen molar-refractivity contribution in [2.45, 2.75) is 50.7 Å². The molecule has 5 N–H and O–H groups in total. The number of carbonyl (C=O) groups is 2. The number of nitrogens with one attached hydrogen (secondary N) is 2. The van der Waals surface area contributed by atoms with Gasteiger partial charge in [-0.2, -0.15) is 0 Å². The number of nitrogen functional groups attached to an aromatic ring is 1. The van der Waals surface area contributed by atoms with Crippen LogP contribution in [0.2, 0.25) is 0 Å². The largest absolute Gasteiger partial charge is 0.391 e. The molecule has 3 rings (SSSR count). The predicted octanol–water partition coefficient (Wildman–Crippen LogP) is 1.21. The maximum Gasteiger partial charge on any atom is 0.263 e. The molecule has 1 saturated carbocycles. The van der Waals surface area contributed by atoms with E-state index in [2.05, 4.69) is 21.7 Å². The summed E-state index contributed by atoms with van der Waals surface area (Å²) in [5, 5.41) is 16.3. The molecule has 7 nitrogen and oxygen atoms in total. The molecule has 3 atom stereocenters. The predicted molar refractivity (Wildman–Crippen MR) is 96.1 cm³/mol. The Morgan fingerprint density at radius 2 is 2.20 bits per heavy atom. The summed E-state index contributed by atoms with van der Waals surface area (Å²) in [6.45, 7) is 0.586. The summed E-state index contributed by atoms with van der Waals surface area (Å²) in [6, 6.07) is -0.430. The van der Waals surface area contributed by atoms with Gasteiger partial charge in [-0.25, -0.2) is 4.98 Å². The van der Waals surface area contributed by atoms with Crippen LogP contribution in [0.5, 0.6) is 0 Å². The average molecular weight is 364 g/mol. The van der Waals surface area contributed by atoms with Crippen LogP contribution in [0.25, 0.3) is 0 Å². The van der Waals surface area contributed by atoms with Crippen LogP contribution in [0.4, 0.5) is 5.13 Å². The van der Waals surface area contributed by atoms with E-state index in [9.17, 15) is 14.7 Å². The fourth-order valence-electron chi connectivity index (χ4n) is 3.43. The molecule has 1 fully saturated rings. The van der Waals surface area contributed by atoms with Crippen LogP contribution in [0.3, 0.4) is 0 Å². The van der Waals surface area contributed by atoms with Gasteiger partial charge in [-0.3, -0.25) is 9.59 Å². The summed E-state index contributed by atoms with van der Waals surface area (Å²) >= 11 is 1.10. The van der Waals surface area contributed by atoms with E-state index in [1.807, 2.05) is 0 Å². The summed E-state index contributed by atoms with van der Waals surface area (Å²) in [5.74, 6) is -0.646. The van der Waals surface area contributed by atoms with Gasteiger partial charge < -0.3 is 21.5 Å². The molecule has 0 aliphatic heterocycles. The fourth-order valence-corrected chi connectivity index (χ4v) is 4.01. The molecule has 0 saturated heterocycles. The molecule has 8 heteroatoms. The number of hydrogen-bond donors (Lipinski definition) is 4. The van der Waals surface area contributed by atoms with Crippen LogP contribution >= 0.6 is 11.3 Å². The number of anilines is 1. The third-order valence-electron chi connectivity index (χ3n) is 4.84. The van der Waals surface area contributed by atoms with Crippen molar-refractivity contribution in [3.05, 3.63) is 22.7 Å². The number of nitrogens with zero attached hydrogens (tertiary/aromatic N) is 1. The van der Waals surface area contributed by atoms with Crippen molar-refractivity contribution in [3.8, 4) is 0 Å². The molecular weight excluding hydrogens is 340 g/mol. The molecule has 1 aromatic rings. The monoisotopic (exact) mass is 364 g/mol. The first-order chi connectivity index (χ1) is 12.0. The number of rotatable bonds is 5. The van der Waals surface area contributed by atoms with Gasteiger partial charge in [0.2, 0.25) is 5.91 Å². The van der Waals surface area contributed by atoms with Crippen LogP contribution in [0, 0.1) is 5.92 Å². The minimum absolute atomic E-state index is 0.0516. The van der Waals surface area contributed by atoms with Crippen molar-refractivity contribution in [1.82, 2.24) is 15.6 Å². The highest BCUT2D eigenvalue weighted by atomic mass is 32.1. The van der Waals surface area contributed by atoms with Crippen molar-refractivity contribution >= 4 is 28.3 Å². The molecule has 2 amide bonds. The quantitative estimate of drug-likeness (QED) is 0.586. The molecule has 136 valence electrons. The Labute approximate surface area is 150 Å². The number of allylic oxidation sites excluding steroid dienone is 1. The third-order valence-corrected chi connectivity index (χ3v) is 5.66. The van der Waals surface area contributed by atoms with E-state index in [0.29, 0.717) is 29.4 Å². The van der Waals surface area contributed by atoms with Crippen LogP contribution in [-0.4, -0.2) is 40.6 Å². The summed E-state index contributed by atoms with van der Waals surface area (Å²) in [6.07, 6.45) is 8.23. The standard InChI is InChI=1S/C17H24N4O3S/c18-17-20-9-14(25-17)16(24)21-12-6-11(7-13(12)22)15(23)19-8-10-4-2-1-3-5-10/h4,9,11-13,22H,1-3,5-8H2,(H2,18,20)(H,19,23)(H,21,24)/t11-,12-,13-/m0/s1. The molecule has 0 radical (unpaired) electrons. The zero-order valence-electron chi connectivity index (χ0n) is 14.0. The molecule has 25 heavy (non-hydrogen) atoms. The number of aromatic nitrogens is 1. The summed E-state index contributed by atoms with van der Waals surface area (Å²) in [4.78, 5) is 28.8. The number of amides is 2. The van der Waals surface area contributed by atoms with Gasteiger partial charge in [-0.1, -0.05) is 23.0 Å². The van der Waals surface area contributed by atoms with E-state index in [4.69, 9.17) is 5.73 Å². The molecule has 2 aliphatic rings. The lowest BCUT2D eigenvalue weighted by molar-refractivity contribution is -0.124. The van der Waals surface area contributed by atoms with Crippen molar-refractivity contribution in [1.29, 1.82) is 0 Å². The maximum absolute atomic E-state index is 12.4. The van der Waals surface area contributed by atoms with E-state index in [1.165, 1.54) is 24.6 Å².